The van der Waals surface area contributed by atoms with Gasteiger partial charge < -0.3 is 5.32 Å². The van der Waals surface area contributed by atoms with Crippen LogP contribution in [0, 0.1) is 0 Å². The van der Waals surface area contributed by atoms with Crippen LogP contribution in [0.1, 0.15) is 12.8 Å². The lowest BCUT2D eigenvalue weighted by Gasteiger charge is -2.48. The fraction of sp³-hybridized carbons (Fsp3) is 1.00. The molecule has 1 saturated carbocycles. The fourth-order valence-electron chi connectivity index (χ4n) is 2.43. The summed E-state index contributed by atoms with van der Waals surface area (Å²) < 4.78 is 37.3. The zero-order valence-corrected chi connectivity index (χ0v) is 6.83. The fourth-order valence-corrected chi connectivity index (χ4v) is 2.43. The molecule has 0 atom stereocenters. The van der Waals surface area contributed by atoms with Crippen molar-refractivity contribution in [3.63, 3.8) is 0 Å². The van der Waals surface area contributed by atoms with Crippen molar-refractivity contribution in [2.45, 2.75) is 36.2 Å². The zero-order valence-electron chi connectivity index (χ0n) is 6.83. The van der Waals surface area contributed by atoms with Gasteiger partial charge in [0.1, 0.15) is 7.28 Å². The third kappa shape index (κ3) is 0.803. The van der Waals surface area contributed by atoms with Gasteiger partial charge in [-0.3, -0.25) is 0 Å². The molecule has 2 bridgehead atoms. The summed E-state index contributed by atoms with van der Waals surface area (Å²) >= 11 is 0. The van der Waals surface area contributed by atoms with Crippen LogP contribution in [0.3, 0.4) is 0 Å². The lowest BCUT2D eigenvalue weighted by atomic mass is 9.51. The summed E-state index contributed by atoms with van der Waals surface area (Å²) in [5.41, 5.74) is -0.227. The number of hydrogen-bond donors (Lipinski definition) is 1. The van der Waals surface area contributed by atoms with E-state index in [4.69, 9.17) is 0 Å². The molecule has 3 aliphatic rings. The molecule has 12 heavy (non-hydrogen) atoms. The topological polar surface area (TPSA) is 12.0 Å². The predicted molar refractivity (Wildman–Crippen MR) is 40.3 cm³/mol. The van der Waals surface area contributed by atoms with Crippen molar-refractivity contribution in [1.82, 2.24) is 5.32 Å². The van der Waals surface area contributed by atoms with Crippen molar-refractivity contribution in [1.29, 1.82) is 0 Å². The van der Waals surface area contributed by atoms with Crippen molar-refractivity contribution in [2.75, 3.05) is 7.05 Å². The molecule has 2 aliphatic heterocycles. The lowest BCUT2D eigenvalue weighted by molar-refractivity contribution is -0.192. The molecular weight excluding hydrogens is 166 g/mol. The second kappa shape index (κ2) is 2.00. The van der Waals surface area contributed by atoms with Gasteiger partial charge in [0.15, 0.2) is 0 Å². The molecule has 0 aromatic rings. The molecule has 1 radical (unpaired) electrons. The maximum Gasteiger partial charge on any atom is 0.387 e. The van der Waals surface area contributed by atoms with Gasteiger partial charge in [0.05, 0.1) is 0 Å². The first kappa shape index (κ1) is 8.41. The molecule has 2 heterocycles. The van der Waals surface area contributed by atoms with E-state index in [1.807, 2.05) is 0 Å². The van der Waals surface area contributed by atoms with Crippen molar-refractivity contribution in [3.05, 3.63) is 0 Å². The average molecular weight is 176 g/mol. The van der Waals surface area contributed by atoms with Gasteiger partial charge in [0, 0.05) is 10.9 Å². The van der Waals surface area contributed by atoms with E-state index < -0.39 is 11.5 Å². The molecule has 67 valence electrons. The Labute approximate surface area is 70.0 Å². The largest absolute Gasteiger partial charge is 0.387 e. The molecule has 0 spiro atoms. The number of hydrogen-bond acceptors (Lipinski definition) is 1. The van der Waals surface area contributed by atoms with E-state index in [9.17, 15) is 13.2 Å². The van der Waals surface area contributed by atoms with Crippen molar-refractivity contribution < 1.29 is 13.2 Å². The maximum absolute atomic E-state index is 12.4. The van der Waals surface area contributed by atoms with Crippen LogP contribution < -0.4 is 5.32 Å². The minimum atomic E-state index is -4.04. The second-order valence-corrected chi connectivity index (χ2v) is 3.95. The first-order valence-corrected chi connectivity index (χ1v) is 4.03. The van der Waals surface area contributed by atoms with E-state index in [0.29, 0.717) is 6.32 Å². The van der Waals surface area contributed by atoms with Crippen molar-refractivity contribution in [2.24, 2.45) is 0 Å². The average Bonchev–Trinajstić information content (AvgIpc) is 2.37. The Bertz CT molecular complexity index is 207. The van der Waals surface area contributed by atoms with Gasteiger partial charge >= 0.3 is 6.18 Å². The van der Waals surface area contributed by atoms with Gasteiger partial charge in [0.2, 0.25) is 0 Å². The predicted octanol–water partition coefficient (Wildman–Crippen LogP) is 1.60. The van der Waals surface area contributed by atoms with Crippen molar-refractivity contribution >= 4 is 7.28 Å². The normalized spacial score (nSPS) is 45.3. The zero-order chi connectivity index (χ0) is 9.04. The molecule has 0 aromatic heterocycles. The van der Waals surface area contributed by atoms with E-state index in [1.165, 1.54) is 7.28 Å². The smallest absolute Gasteiger partial charge is 0.315 e. The van der Waals surface area contributed by atoms with Crippen LogP contribution in [-0.2, 0) is 0 Å². The first-order valence-electron chi connectivity index (χ1n) is 4.03. The summed E-state index contributed by atoms with van der Waals surface area (Å²) in [7, 11) is 3.17. The Morgan fingerprint density at radius 2 is 1.92 bits per heavy atom. The molecule has 0 unspecified atom stereocenters. The summed E-state index contributed by atoms with van der Waals surface area (Å²) in [5.74, 6) is 0. The Morgan fingerprint density at radius 1 is 1.33 bits per heavy atom. The van der Waals surface area contributed by atoms with Gasteiger partial charge in [-0.2, -0.15) is 13.2 Å². The summed E-state index contributed by atoms with van der Waals surface area (Å²) in [6, 6.07) is 0. The molecule has 3 fully saturated rings. The summed E-state index contributed by atoms with van der Waals surface area (Å²) in [6.45, 7) is 0. The Morgan fingerprint density at radius 3 is 2.17 bits per heavy atom. The van der Waals surface area contributed by atoms with Crippen LogP contribution in [-0.4, -0.2) is 26.0 Å². The molecule has 1 aliphatic carbocycles. The minimum Gasteiger partial charge on any atom is -0.315 e. The molecule has 3 rings (SSSR count). The highest BCUT2D eigenvalue weighted by Crippen LogP contribution is 2.69. The van der Waals surface area contributed by atoms with E-state index in [0.717, 1.165) is 0 Å². The van der Waals surface area contributed by atoms with Crippen LogP contribution in [0.15, 0.2) is 0 Å². The highest BCUT2D eigenvalue weighted by Gasteiger charge is 2.71. The highest BCUT2D eigenvalue weighted by molar-refractivity contribution is 6.44. The molecule has 1 N–H and O–H groups in total. The number of fused-ring (bicyclic) bond motifs is 1. The molecule has 0 amide bonds. The summed E-state index contributed by atoms with van der Waals surface area (Å²) in [6.07, 6.45) is -3.01. The lowest BCUT2D eigenvalue weighted by Crippen LogP contribution is -2.53. The minimum absolute atomic E-state index is 0.227. The van der Waals surface area contributed by atoms with Crippen LogP contribution in [0.5, 0.6) is 0 Å². The van der Waals surface area contributed by atoms with Gasteiger partial charge in [0.25, 0.3) is 0 Å². The maximum atomic E-state index is 12.4. The van der Waals surface area contributed by atoms with Gasteiger partial charge in [-0.15, -0.1) is 0 Å². The van der Waals surface area contributed by atoms with E-state index >= 15 is 0 Å². The molecule has 1 nitrogen and oxygen atoms in total. The number of rotatable bonds is 1. The number of alkyl halides is 3. The first-order chi connectivity index (χ1) is 5.43. The molecule has 0 aromatic carbocycles. The standard InChI is InChI=1S/C7H10BF3N/c1-12-5-2-6(3-5,8-4-5)7(9,10)11/h12H,2-4H2,1H3. The second-order valence-electron chi connectivity index (χ2n) is 3.95. The Hall–Kier alpha value is -0.185. The van der Waals surface area contributed by atoms with E-state index in [-0.39, 0.29) is 18.4 Å². The van der Waals surface area contributed by atoms with E-state index in [1.54, 1.807) is 7.05 Å². The number of nitrogens with one attached hydrogen (secondary N) is 1. The molecule has 5 heteroatoms. The molecular formula is C7H10BF3N. The van der Waals surface area contributed by atoms with Crippen molar-refractivity contribution in [3.8, 4) is 0 Å². The Balaban J connectivity index is 2.14. The highest BCUT2D eigenvalue weighted by atomic mass is 19.4. The monoisotopic (exact) mass is 176 g/mol. The van der Waals surface area contributed by atoms with Crippen LogP contribution in [0.25, 0.3) is 0 Å². The number of halogens is 3. The summed E-state index contributed by atoms with van der Waals surface area (Å²) in [4.78, 5) is 0. The third-order valence-corrected chi connectivity index (χ3v) is 3.29. The quantitative estimate of drug-likeness (QED) is 0.598. The SMILES string of the molecule is CNC12C[B]C(C(F)(F)F)(C1)C2. The van der Waals surface area contributed by atoms with Crippen LogP contribution in [0.4, 0.5) is 13.2 Å². The van der Waals surface area contributed by atoms with Crippen LogP contribution >= 0.6 is 0 Å². The van der Waals surface area contributed by atoms with Gasteiger partial charge in [-0.05, 0) is 19.9 Å². The van der Waals surface area contributed by atoms with Gasteiger partial charge in [-0.1, -0.05) is 6.32 Å². The molecule has 2 saturated heterocycles. The summed E-state index contributed by atoms with van der Waals surface area (Å²) in [5, 5.41) is 1.52. The third-order valence-electron chi connectivity index (χ3n) is 3.29. The Kier molecular flexibility index (Phi) is 1.40. The van der Waals surface area contributed by atoms with Crippen LogP contribution in [0.2, 0.25) is 11.6 Å². The van der Waals surface area contributed by atoms with E-state index in [2.05, 4.69) is 5.32 Å². The van der Waals surface area contributed by atoms with Gasteiger partial charge in [-0.25, -0.2) is 0 Å².